The fourth-order valence-electron chi connectivity index (χ4n) is 3.75. The maximum absolute atomic E-state index is 14.1. The summed E-state index contributed by atoms with van der Waals surface area (Å²) in [5, 5.41) is 6.87. The number of amides is 1. The molecule has 1 saturated heterocycles. The molecule has 0 spiro atoms. The van der Waals surface area contributed by atoms with Crippen LogP contribution in [0.2, 0.25) is 0 Å². The Hall–Kier alpha value is -3.63. The smallest absolute Gasteiger partial charge is 0.411 e. The van der Waals surface area contributed by atoms with Crippen LogP contribution >= 0.6 is 0 Å². The zero-order valence-corrected chi connectivity index (χ0v) is 19.1. The van der Waals surface area contributed by atoms with Crippen LogP contribution in [0.15, 0.2) is 59.4 Å². The number of hydrogen-bond acceptors (Lipinski definition) is 6. The van der Waals surface area contributed by atoms with Crippen LogP contribution in [0.5, 0.6) is 0 Å². The molecule has 1 fully saturated rings. The second-order valence-electron chi connectivity index (χ2n) is 8.11. The summed E-state index contributed by atoms with van der Waals surface area (Å²) in [6.07, 6.45) is 0.160. The van der Waals surface area contributed by atoms with Crippen molar-refractivity contribution in [2.24, 2.45) is 0 Å². The van der Waals surface area contributed by atoms with Gasteiger partial charge in [0.1, 0.15) is 11.6 Å². The van der Waals surface area contributed by atoms with Crippen LogP contribution < -0.4 is 10.9 Å². The van der Waals surface area contributed by atoms with E-state index in [1.54, 1.807) is 24.3 Å². The van der Waals surface area contributed by atoms with E-state index in [1.807, 2.05) is 0 Å². The van der Waals surface area contributed by atoms with E-state index in [0.29, 0.717) is 17.9 Å². The SMILES string of the molecule is O=C(Nc1cccc(Cn2nc(-c3cc(F)ccc3F)ccc2=O)c1)OCCCN1CCOCC1. The Morgan fingerprint density at radius 3 is 2.74 bits per heavy atom. The molecule has 1 aromatic heterocycles. The molecule has 1 aliphatic heterocycles. The Bertz CT molecular complexity index is 1230. The first-order valence-electron chi connectivity index (χ1n) is 11.3. The van der Waals surface area contributed by atoms with Gasteiger partial charge in [-0.3, -0.25) is 15.0 Å². The van der Waals surface area contributed by atoms with Gasteiger partial charge < -0.3 is 9.47 Å². The van der Waals surface area contributed by atoms with Gasteiger partial charge in [0.2, 0.25) is 0 Å². The number of morpholine rings is 1. The van der Waals surface area contributed by atoms with E-state index in [9.17, 15) is 18.4 Å². The maximum atomic E-state index is 14.1. The Morgan fingerprint density at radius 2 is 1.91 bits per heavy atom. The van der Waals surface area contributed by atoms with Crippen molar-refractivity contribution in [3.63, 3.8) is 0 Å². The molecular weight excluding hydrogens is 458 g/mol. The van der Waals surface area contributed by atoms with Gasteiger partial charge in [0.15, 0.2) is 0 Å². The predicted octanol–water partition coefficient (Wildman–Crippen LogP) is 3.51. The summed E-state index contributed by atoms with van der Waals surface area (Å²) >= 11 is 0. The van der Waals surface area contributed by atoms with Crippen molar-refractivity contribution in [3.8, 4) is 11.3 Å². The van der Waals surface area contributed by atoms with Gasteiger partial charge in [0, 0.05) is 37.0 Å². The second kappa shape index (κ2) is 11.7. The minimum absolute atomic E-state index is 0.0365. The summed E-state index contributed by atoms with van der Waals surface area (Å²) in [5.74, 6) is -1.24. The molecule has 1 amide bonds. The van der Waals surface area contributed by atoms with E-state index >= 15 is 0 Å². The molecule has 0 unspecified atom stereocenters. The minimum atomic E-state index is -0.640. The van der Waals surface area contributed by atoms with Crippen LogP contribution in [-0.4, -0.2) is 60.2 Å². The third-order valence-electron chi connectivity index (χ3n) is 5.53. The van der Waals surface area contributed by atoms with Gasteiger partial charge in [0.05, 0.1) is 32.1 Å². The van der Waals surface area contributed by atoms with E-state index in [2.05, 4.69) is 15.3 Å². The van der Waals surface area contributed by atoms with Crippen molar-refractivity contribution in [1.82, 2.24) is 14.7 Å². The molecule has 0 atom stereocenters. The Balaban J connectivity index is 1.35. The lowest BCUT2D eigenvalue weighted by Crippen LogP contribution is -2.37. The van der Waals surface area contributed by atoms with Gasteiger partial charge in [-0.1, -0.05) is 12.1 Å². The van der Waals surface area contributed by atoms with Crippen LogP contribution in [0.25, 0.3) is 11.3 Å². The van der Waals surface area contributed by atoms with Crippen molar-refractivity contribution in [2.75, 3.05) is 44.8 Å². The number of carbonyl (C=O) groups excluding carboxylic acids is 1. The third kappa shape index (κ3) is 6.93. The lowest BCUT2D eigenvalue weighted by molar-refractivity contribution is 0.0348. The lowest BCUT2D eigenvalue weighted by Gasteiger charge is -2.26. The summed E-state index contributed by atoms with van der Waals surface area (Å²) in [5.41, 5.74) is 0.883. The van der Waals surface area contributed by atoms with Gasteiger partial charge in [-0.15, -0.1) is 0 Å². The third-order valence-corrected chi connectivity index (χ3v) is 5.53. The van der Waals surface area contributed by atoms with E-state index < -0.39 is 23.3 Å². The Kier molecular flexibility index (Phi) is 8.17. The molecule has 0 saturated carbocycles. The number of halogens is 2. The minimum Gasteiger partial charge on any atom is -0.449 e. The number of ether oxygens (including phenoxy) is 2. The van der Waals surface area contributed by atoms with Crippen molar-refractivity contribution in [2.45, 2.75) is 13.0 Å². The molecule has 10 heteroatoms. The van der Waals surface area contributed by atoms with Crippen LogP contribution in [0.3, 0.4) is 0 Å². The summed E-state index contributed by atoms with van der Waals surface area (Å²) in [7, 11) is 0. The average Bonchev–Trinajstić information content (AvgIpc) is 2.86. The molecule has 3 aromatic rings. The molecule has 8 nitrogen and oxygen atoms in total. The Morgan fingerprint density at radius 1 is 1.09 bits per heavy atom. The first-order valence-corrected chi connectivity index (χ1v) is 11.3. The highest BCUT2D eigenvalue weighted by atomic mass is 19.1. The van der Waals surface area contributed by atoms with E-state index in [0.717, 1.165) is 62.1 Å². The van der Waals surface area contributed by atoms with Gasteiger partial charge in [-0.05, 0) is 48.4 Å². The highest BCUT2D eigenvalue weighted by molar-refractivity contribution is 5.84. The number of rotatable bonds is 8. The topological polar surface area (TPSA) is 85.7 Å². The Labute approximate surface area is 201 Å². The summed E-state index contributed by atoms with van der Waals surface area (Å²) in [6.45, 7) is 4.44. The number of nitrogens with zero attached hydrogens (tertiary/aromatic N) is 3. The van der Waals surface area contributed by atoms with Gasteiger partial charge in [0.25, 0.3) is 5.56 Å². The highest BCUT2D eigenvalue weighted by Crippen LogP contribution is 2.21. The number of anilines is 1. The largest absolute Gasteiger partial charge is 0.449 e. The fraction of sp³-hybridized carbons (Fsp3) is 0.320. The first-order chi connectivity index (χ1) is 17.0. The molecule has 2 aromatic carbocycles. The zero-order valence-electron chi connectivity index (χ0n) is 19.1. The molecule has 2 heterocycles. The van der Waals surface area contributed by atoms with Crippen LogP contribution in [0.4, 0.5) is 19.3 Å². The molecule has 0 radical (unpaired) electrons. The van der Waals surface area contributed by atoms with Crippen LogP contribution in [-0.2, 0) is 16.0 Å². The quantitative estimate of drug-likeness (QED) is 0.493. The second-order valence-corrected chi connectivity index (χ2v) is 8.11. The van der Waals surface area contributed by atoms with E-state index in [1.165, 1.54) is 12.1 Å². The van der Waals surface area contributed by atoms with Crippen LogP contribution in [0.1, 0.15) is 12.0 Å². The van der Waals surface area contributed by atoms with Crippen LogP contribution in [0, 0.1) is 11.6 Å². The number of benzene rings is 2. The molecule has 35 heavy (non-hydrogen) atoms. The normalized spacial score (nSPS) is 14.0. The summed E-state index contributed by atoms with van der Waals surface area (Å²) in [6, 6.07) is 12.6. The first kappa shape index (κ1) is 24.5. The van der Waals surface area contributed by atoms with Gasteiger partial charge >= 0.3 is 6.09 Å². The zero-order chi connectivity index (χ0) is 24.6. The average molecular weight is 485 g/mol. The van der Waals surface area contributed by atoms with E-state index in [4.69, 9.17) is 9.47 Å². The van der Waals surface area contributed by atoms with E-state index in [-0.39, 0.29) is 17.8 Å². The summed E-state index contributed by atoms with van der Waals surface area (Å²) < 4.78 is 39.4. The van der Waals surface area contributed by atoms with Crippen molar-refractivity contribution >= 4 is 11.8 Å². The van der Waals surface area contributed by atoms with Gasteiger partial charge in [-0.25, -0.2) is 18.3 Å². The molecular formula is C25H26F2N4O4. The number of hydrogen-bond donors (Lipinski definition) is 1. The number of carbonyl (C=O) groups is 1. The summed E-state index contributed by atoms with van der Waals surface area (Å²) in [4.78, 5) is 26.7. The molecule has 184 valence electrons. The molecule has 1 aliphatic rings. The predicted molar refractivity (Wildman–Crippen MR) is 126 cm³/mol. The highest BCUT2D eigenvalue weighted by Gasteiger charge is 2.12. The molecule has 1 N–H and O–H groups in total. The van der Waals surface area contributed by atoms with Crippen molar-refractivity contribution in [1.29, 1.82) is 0 Å². The maximum Gasteiger partial charge on any atom is 0.411 e. The fourth-order valence-corrected chi connectivity index (χ4v) is 3.75. The number of nitrogens with one attached hydrogen (secondary N) is 1. The van der Waals surface area contributed by atoms with Gasteiger partial charge in [-0.2, -0.15) is 5.10 Å². The number of aromatic nitrogens is 2. The van der Waals surface area contributed by atoms with Crippen molar-refractivity contribution < 1.29 is 23.0 Å². The molecule has 4 rings (SSSR count). The molecule has 0 bridgehead atoms. The standard InChI is InChI=1S/C25H26F2N4O4/c26-19-5-6-22(27)21(16-19)23-7-8-24(32)31(29-23)17-18-3-1-4-20(15-18)28-25(33)35-12-2-9-30-10-13-34-14-11-30/h1,3-8,15-16H,2,9-14,17H2,(H,28,33). The molecule has 0 aliphatic carbocycles. The van der Waals surface area contributed by atoms with Crippen molar-refractivity contribution in [3.05, 3.63) is 82.1 Å². The lowest BCUT2D eigenvalue weighted by atomic mass is 10.1. The monoisotopic (exact) mass is 484 g/mol.